The molecule has 6 heteroatoms. The highest BCUT2D eigenvalue weighted by Crippen LogP contribution is 2.22. The Bertz CT molecular complexity index is 682. The van der Waals surface area contributed by atoms with Crippen molar-refractivity contribution in [2.45, 2.75) is 25.9 Å². The molecule has 1 aromatic carbocycles. The van der Waals surface area contributed by atoms with Gasteiger partial charge in [0.2, 0.25) is 5.91 Å². The molecule has 0 radical (unpaired) electrons. The maximum atomic E-state index is 12.4. The summed E-state index contributed by atoms with van der Waals surface area (Å²) >= 11 is 13.8. The smallest absolute Gasteiger partial charge is 0.223 e. The second-order valence-corrected chi connectivity index (χ2v) is 7.76. The zero-order valence-corrected chi connectivity index (χ0v) is 15.6. The van der Waals surface area contributed by atoms with Crippen molar-refractivity contribution in [1.29, 1.82) is 0 Å². The van der Waals surface area contributed by atoms with Gasteiger partial charge in [0.15, 0.2) is 0 Å². The van der Waals surface area contributed by atoms with Crippen LogP contribution < -0.4 is 5.32 Å². The third kappa shape index (κ3) is 4.73. The fourth-order valence-electron chi connectivity index (χ4n) is 2.99. The lowest BCUT2D eigenvalue weighted by Crippen LogP contribution is -2.40. The van der Waals surface area contributed by atoms with Crippen LogP contribution in [0.4, 0.5) is 0 Å². The van der Waals surface area contributed by atoms with Crippen molar-refractivity contribution in [3.05, 3.63) is 56.2 Å². The van der Waals surface area contributed by atoms with Crippen LogP contribution in [-0.4, -0.2) is 23.9 Å². The normalized spacial score (nSPS) is 16.2. The minimum atomic E-state index is 0.0924. The monoisotopic (exact) mass is 382 g/mol. The van der Waals surface area contributed by atoms with E-state index in [0.29, 0.717) is 16.6 Å². The summed E-state index contributed by atoms with van der Waals surface area (Å²) in [6.07, 6.45) is 1.81. The van der Waals surface area contributed by atoms with E-state index in [4.69, 9.17) is 23.2 Å². The fourth-order valence-corrected chi connectivity index (χ4v) is 4.12. The third-order valence-corrected chi connectivity index (χ3v) is 5.73. The largest absolute Gasteiger partial charge is 0.352 e. The minimum absolute atomic E-state index is 0.0924. The molecule has 0 bridgehead atoms. The molecule has 3 nitrogen and oxygen atoms in total. The first-order valence-electron chi connectivity index (χ1n) is 8.07. The topological polar surface area (TPSA) is 32.3 Å². The van der Waals surface area contributed by atoms with Crippen LogP contribution in [-0.2, 0) is 17.9 Å². The Morgan fingerprint density at radius 1 is 1.25 bits per heavy atom. The average Bonchev–Trinajstić information content (AvgIpc) is 3.07. The first-order valence-corrected chi connectivity index (χ1v) is 9.77. The maximum absolute atomic E-state index is 12.4. The minimum Gasteiger partial charge on any atom is -0.352 e. The van der Waals surface area contributed by atoms with Crippen LogP contribution in [0, 0.1) is 5.92 Å². The predicted molar refractivity (Wildman–Crippen MR) is 101 cm³/mol. The Morgan fingerprint density at radius 3 is 2.71 bits per heavy atom. The molecule has 0 aliphatic carbocycles. The van der Waals surface area contributed by atoms with Crippen molar-refractivity contribution < 1.29 is 4.79 Å². The molecule has 1 aliphatic rings. The second-order valence-electron chi connectivity index (χ2n) is 6.14. The number of carbonyl (C=O) groups is 1. The van der Waals surface area contributed by atoms with E-state index in [1.807, 2.05) is 6.07 Å². The van der Waals surface area contributed by atoms with Gasteiger partial charge in [0.05, 0.1) is 0 Å². The maximum Gasteiger partial charge on any atom is 0.223 e. The Morgan fingerprint density at radius 2 is 2.04 bits per heavy atom. The number of piperidine rings is 1. The van der Waals surface area contributed by atoms with Gasteiger partial charge in [-0.3, -0.25) is 9.69 Å². The molecular weight excluding hydrogens is 363 g/mol. The molecule has 0 atom stereocenters. The standard InChI is InChI=1S/C18H20Cl2N2OS/c19-16-2-1-15(17(20)9-16)10-21-18(23)14-3-6-22(7-4-14)11-13-5-8-24-12-13/h1-2,5,8-9,12,14H,3-4,6-7,10-11H2,(H,21,23). The second kappa shape index (κ2) is 8.34. The van der Waals surface area contributed by atoms with Crippen LogP contribution >= 0.6 is 34.5 Å². The van der Waals surface area contributed by atoms with Crippen LogP contribution in [0.1, 0.15) is 24.0 Å². The van der Waals surface area contributed by atoms with Crippen LogP contribution in [0.5, 0.6) is 0 Å². The van der Waals surface area contributed by atoms with E-state index in [9.17, 15) is 4.79 Å². The molecule has 1 aromatic heterocycles. The van der Waals surface area contributed by atoms with Crippen LogP contribution in [0.25, 0.3) is 0 Å². The Hall–Kier alpha value is -1.07. The van der Waals surface area contributed by atoms with E-state index in [-0.39, 0.29) is 11.8 Å². The summed E-state index contributed by atoms with van der Waals surface area (Å²) in [5.41, 5.74) is 2.25. The van der Waals surface area contributed by atoms with Crippen LogP contribution in [0.2, 0.25) is 10.0 Å². The lowest BCUT2D eigenvalue weighted by atomic mass is 9.95. The SMILES string of the molecule is O=C(NCc1ccc(Cl)cc1Cl)C1CCN(Cc2ccsc2)CC1. The van der Waals surface area contributed by atoms with Crippen molar-refractivity contribution in [2.24, 2.45) is 5.92 Å². The highest BCUT2D eigenvalue weighted by Gasteiger charge is 2.24. The zero-order valence-electron chi connectivity index (χ0n) is 13.3. The molecule has 128 valence electrons. The molecule has 0 spiro atoms. The molecular formula is C18H20Cl2N2OS. The van der Waals surface area contributed by atoms with Gasteiger partial charge < -0.3 is 5.32 Å². The summed E-state index contributed by atoms with van der Waals surface area (Å²) in [5, 5.41) is 8.50. The summed E-state index contributed by atoms with van der Waals surface area (Å²) in [6, 6.07) is 7.51. The van der Waals surface area contributed by atoms with Gasteiger partial charge in [-0.25, -0.2) is 0 Å². The number of hydrogen-bond donors (Lipinski definition) is 1. The van der Waals surface area contributed by atoms with E-state index in [1.54, 1.807) is 23.5 Å². The summed E-state index contributed by atoms with van der Waals surface area (Å²) < 4.78 is 0. The first-order chi connectivity index (χ1) is 11.6. The molecule has 0 unspecified atom stereocenters. The van der Waals surface area contributed by atoms with Crippen molar-refractivity contribution in [3.63, 3.8) is 0 Å². The van der Waals surface area contributed by atoms with Crippen LogP contribution in [0.15, 0.2) is 35.0 Å². The number of carbonyl (C=O) groups excluding carboxylic acids is 1. The van der Waals surface area contributed by atoms with Gasteiger partial charge in [-0.05, 0) is 66.0 Å². The molecule has 24 heavy (non-hydrogen) atoms. The van der Waals surface area contributed by atoms with Crippen molar-refractivity contribution in [3.8, 4) is 0 Å². The molecule has 0 saturated carbocycles. The molecule has 1 fully saturated rings. The number of halogens is 2. The van der Waals surface area contributed by atoms with E-state index in [1.165, 1.54) is 5.56 Å². The molecule has 1 saturated heterocycles. The quantitative estimate of drug-likeness (QED) is 0.820. The molecule has 1 aliphatic heterocycles. The van der Waals surface area contributed by atoms with Gasteiger partial charge in [0.25, 0.3) is 0 Å². The first kappa shape index (κ1) is 17.7. The Balaban J connectivity index is 1.45. The molecule has 2 aromatic rings. The summed E-state index contributed by atoms with van der Waals surface area (Å²) in [5.74, 6) is 0.214. The fraction of sp³-hybridized carbons (Fsp3) is 0.389. The van der Waals surface area contributed by atoms with Gasteiger partial charge in [0.1, 0.15) is 0 Å². The number of likely N-dealkylation sites (tertiary alicyclic amines) is 1. The molecule has 3 rings (SSSR count). The number of nitrogens with one attached hydrogen (secondary N) is 1. The summed E-state index contributed by atoms with van der Waals surface area (Å²) in [6.45, 7) is 3.37. The van der Waals surface area contributed by atoms with Crippen molar-refractivity contribution in [1.82, 2.24) is 10.2 Å². The number of amides is 1. The van der Waals surface area contributed by atoms with Gasteiger partial charge in [-0.1, -0.05) is 29.3 Å². The highest BCUT2D eigenvalue weighted by molar-refractivity contribution is 7.07. The Kier molecular flexibility index (Phi) is 6.17. The zero-order chi connectivity index (χ0) is 16.9. The van der Waals surface area contributed by atoms with Gasteiger partial charge >= 0.3 is 0 Å². The summed E-state index contributed by atoms with van der Waals surface area (Å²) in [4.78, 5) is 14.8. The van der Waals surface area contributed by atoms with Gasteiger partial charge in [0, 0.05) is 29.1 Å². The molecule has 1 amide bonds. The van der Waals surface area contributed by atoms with E-state index >= 15 is 0 Å². The summed E-state index contributed by atoms with van der Waals surface area (Å²) in [7, 11) is 0. The van der Waals surface area contributed by atoms with E-state index in [0.717, 1.165) is 38.0 Å². The number of rotatable bonds is 5. The van der Waals surface area contributed by atoms with E-state index < -0.39 is 0 Å². The van der Waals surface area contributed by atoms with E-state index in [2.05, 4.69) is 27.0 Å². The van der Waals surface area contributed by atoms with Gasteiger partial charge in [-0.15, -0.1) is 0 Å². The Labute approximate surface area is 156 Å². The molecule has 2 heterocycles. The number of thiophene rings is 1. The lowest BCUT2D eigenvalue weighted by molar-refractivity contribution is -0.126. The number of nitrogens with zero attached hydrogens (tertiary/aromatic N) is 1. The average molecular weight is 383 g/mol. The van der Waals surface area contributed by atoms with Crippen molar-refractivity contribution >= 4 is 40.4 Å². The number of benzene rings is 1. The number of hydrogen-bond acceptors (Lipinski definition) is 3. The molecule has 1 N–H and O–H groups in total. The predicted octanol–water partition coefficient (Wildman–Crippen LogP) is 4.58. The lowest BCUT2D eigenvalue weighted by Gasteiger charge is -2.31. The third-order valence-electron chi connectivity index (χ3n) is 4.41. The highest BCUT2D eigenvalue weighted by atomic mass is 35.5. The van der Waals surface area contributed by atoms with Crippen LogP contribution in [0.3, 0.4) is 0 Å². The van der Waals surface area contributed by atoms with Crippen molar-refractivity contribution in [2.75, 3.05) is 13.1 Å². The van der Waals surface area contributed by atoms with Gasteiger partial charge in [-0.2, -0.15) is 11.3 Å².